The van der Waals surface area contributed by atoms with Crippen molar-refractivity contribution in [3.8, 4) is 0 Å². The Kier molecular flexibility index (Phi) is 1.12. The fourth-order valence-electron chi connectivity index (χ4n) is 0.906. The first kappa shape index (κ1) is 6.09. The van der Waals surface area contributed by atoms with Crippen molar-refractivity contribution in [2.24, 2.45) is 0 Å². The van der Waals surface area contributed by atoms with Gasteiger partial charge >= 0.3 is 0 Å². The van der Waals surface area contributed by atoms with Crippen molar-refractivity contribution < 1.29 is 4.58 Å². The van der Waals surface area contributed by atoms with Crippen LogP contribution in [0.5, 0.6) is 0 Å². The maximum Gasteiger partial charge on any atom is 0.233 e. The number of halogens is 1. The maximum absolute atomic E-state index is 5.75. The minimum Gasteiger partial charge on any atom is -0.220 e. The maximum atomic E-state index is 5.75. The van der Waals surface area contributed by atoms with E-state index in [0.29, 0.717) is 0 Å². The Morgan fingerprint density at radius 1 is 1.75 bits per heavy atom. The van der Waals surface area contributed by atoms with E-state index >= 15 is 0 Å². The highest BCUT2D eigenvalue weighted by atomic mass is 35.5. The van der Waals surface area contributed by atoms with Crippen molar-refractivity contribution in [3.63, 3.8) is 0 Å². The summed E-state index contributed by atoms with van der Waals surface area (Å²) in [4.78, 5) is 0. The fourth-order valence-corrected chi connectivity index (χ4v) is 1.55. The van der Waals surface area contributed by atoms with E-state index in [9.17, 15) is 0 Å². The van der Waals surface area contributed by atoms with E-state index in [-0.39, 0.29) is 11.0 Å². The molecule has 0 unspecified atom stereocenters. The van der Waals surface area contributed by atoms with Crippen LogP contribution in [0.1, 0.15) is 20.3 Å². The smallest absolute Gasteiger partial charge is 0.220 e. The summed E-state index contributed by atoms with van der Waals surface area (Å²) in [6, 6.07) is 0. The molecule has 0 saturated carbocycles. The molecular formula is C6H11ClN+. The van der Waals surface area contributed by atoms with Crippen LogP contribution in [0.15, 0.2) is 0 Å². The van der Waals surface area contributed by atoms with Crippen molar-refractivity contribution in [1.29, 1.82) is 0 Å². The quantitative estimate of drug-likeness (QED) is 0.267. The van der Waals surface area contributed by atoms with Crippen LogP contribution in [0, 0.1) is 0 Å². The third kappa shape index (κ3) is 0.655. The number of nitrogens with zero attached hydrogens (tertiary/aromatic N) is 1. The van der Waals surface area contributed by atoms with Gasteiger partial charge in [-0.15, -0.1) is 0 Å². The zero-order chi connectivity index (χ0) is 6.36. The summed E-state index contributed by atoms with van der Waals surface area (Å²) in [6.07, 6.45) is 1.05. The Labute approximate surface area is 55.0 Å². The van der Waals surface area contributed by atoms with Crippen LogP contribution >= 0.6 is 11.6 Å². The van der Waals surface area contributed by atoms with Gasteiger partial charge in [0.05, 0.1) is 6.42 Å². The van der Waals surface area contributed by atoms with Gasteiger partial charge in [-0.2, -0.15) is 0 Å². The minimum atomic E-state index is 0.171. The first-order valence-corrected chi connectivity index (χ1v) is 3.21. The first-order valence-electron chi connectivity index (χ1n) is 2.78. The molecule has 1 heterocycles. The molecule has 8 heavy (non-hydrogen) atoms. The minimum absolute atomic E-state index is 0.171. The van der Waals surface area contributed by atoms with Gasteiger partial charge in [0.15, 0.2) is 5.54 Å². The van der Waals surface area contributed by atoms with Gasteiger partial charge < -0.3 is 0 Å². The molecule has 0 aromatic rings. The standard InChI is InChI=1S/C6H11ClN/c1-6(2)4-5(7)8(6)3/h5H,3-4H2,1-2H3/q+1/t5-/m1/s1. The second kappa shape index (κ2) is 1.47. The van der Waals surface area contributed by atoms with Crippen LogP contribution in [0.3, 0.4) is 0 Å². The zero-order valence-corrected chi connectivity index (χ0v) is 6.07. The van der Waals surface area contributed by atoms with Gasteiger partial charge in [0, 0.05) is 13.8 Å². The molecule has 1 nitrogen and oxygen atoms in total. The highest BCUT2D eigenvalue weighted by molar-refractivity contribution is 6.20. The average molecular weight is 133 g/mol. The average Bonchev–Trinajstić information content (AvgIpc) is 1.65. The molecule has 1 saturated heterocycles. The second-order valence-corrected chi connectivity index (χ2v) is 3.42. The zero-order valence-electron chi connectivity index (χ0n) is 5.32. The summed E-state index contributed by atoms with van der Waals surface area (Å²) in [5.41, 5.74) is 0.414. The molecule has 1 rings (SSSR count). The Morgan fingerprint density at radius 2 is 2.25 bits per heavy atom. The van der Waals surface area contributed by atoms with Crippen LogP contribution in [0.4, 0.5) is 0 Å². The summed E-state index contributed by atoms with van der Waals surface area (Å²) in [5.74, 6) is 0. The molecule has 1 fully saturated rings. The highest BCUT2D eigenvalue weighted by Crippen LogP contribution is 2.32. The van der Waals surface area contributed by atoms with Crippen molar-refractivity contribution in [2.45, 2.75) is 31.3 Å². The Morgan fingerprint density at radius 3 is 2.25 bits per heavy atom. The molecule has 0 aromatic heterocycles. The van der Waals surface area contributed by atoms with Gasteiger partial charge in [0.2, 0.25) is 5.50 Å². The van der Waals surface area contributed by atoms with Crippen molar-refractivity contribution in [1.82, 2.24) is 0 Å². The van der Waals surface area contributed by atoms with Crippen molar-refractivity contribution in [2.75, 3.05) is 0 Å². The van der Waals surface area contributed by atoms with Gasteiger partial charge in [0.1, 0.15) is 6.72 Å². The summed E-state index contributed by atoms with van der Waals surface area (Å²) in [7, 11) is 0. The normalized spacial score (nSPS) is 34.4. The lowest BCUT2D eigenvalue weighted by atomic mass is 9.91. The van der Waals surface area contributed by atoms with Crippen LogP contribution in [0.25, 0.3) is 0 Å². The van der Waals surface area contributed by atoms with Crippen molar-refractivity contribution in [3.05, 3.63) is 0 Å². The van der Waals surface area contributed by atoms with E-state index in [1.807, 2.05) is 4.58 Å². The number of rotatable bonds is 0. The van der Waals surface area contributed by atoms with Gasteiger partial charge in [-0.25, -0.2) is 4.58 Å². The summed E-state index contributed by atoms with van der Waals surface area (Å²) in [5, 5.41) is 0. The molecule has 2 heteroatoms. The van der Waals surface area contributed by atoms with E-state index in [0.717, 1.165) is 6.42 Å². The molecule has 0 radical (unpaired) electrons. The van der Waals surface area contributed by atoms with E-state index in [4.69, 9.17) is 11.6 Å². The molecular weight excluding hydrogens is 122 g/mol. The molecule has 0 aliphatic carbocycles. The molecule has 1 aliphatic rings. The van der Waals surface area contributed by atoms with Crippen LogP contribution in [0.2, 0.25) is 0 Å². The van der Waals surface area contributed by atoms with Gasteiger partial charge in [0.25, 0.3) is 0 Å². The molecule has 1 atom stereocenters. The Balaban J connectivity index is 2.61. The molecule has 46 valence electrons. The van der Waals surface area contributed by atoms with Gasteiger partial charge in [-0.3, -0.25) is 0 Å². The summed E-state index contributed by atoms with van der Waals surface area (Å²) in [6.45, 7) is 8.05. The van der Waals surface area contributed by atoms with Crippen molar-refractivity contribution >= 4 is 18.3 Å². The lowest BCUT2D eigenvalue weighted by Crippen LogP contribution is -2.53. The third-order valence-corrected chi connectivity index (χ3v) is 2.17. The van der Waals surface area contributed by atoms with Gasteiger partial charge in [-0.1, -0.05) is 0 Å². The van der Waals surface area contributed by atoms with E-state index < -0.39 is 0 Å². The van der Waals surface area contributed by atoms with Gasteiger partial charge in [-0.05, 0) is 11.6 Å². The third-order valence-electron chi connectivity index (χ3n) is 1.78. The Bertz CT molecular complexity index is 128. The lowest BCUT2D eigenvalue weighted by Gasteiger charge is -2.34. The predicted octanol–water partition coefficient (Wildman–Crippen LogP) is 1.45. The molecule has 0 bridgehead atoms. The van der Waals surface area contributed by atoms with E-state index in [2.05, 4.69) is 20.6 Å². The lowest BCUT2D eigenvalue weighted by molar-refractivity contribution is -0.672. The summed E-state index contributed by atoms with van der Waals surface area (Å²) < 4.78 is 1.93. The topological polar surface area (TPSA) is 3.01 Å². The second-order valence-electron chi connectivity index (χ2n) is 2.92. The van der Waals surface area contributed by atoms with E-state index in [1.54, 1.807) is 0 Å². The van der Waals surface area contributed by atoms with Crippen LogP contribution < -0.4 is 0 Å². The number of alkyl halides is 1. The fraction of sp³-hybridized carbons (Fsp3) is 0.833. The number of hydrogen-bond acceptors (Lipinski definition) is 0. The molecule has 1 aliphatic heterocycles. The predicted molar refractivity (Wildman–Crippen MR) is 35.7 cm³/mol. The Hall–Kier alpha value is -0.0400. The first-order chi connectivity index (χ1) is 3.54. The molecule has 0 aromatic carbocycles. The highest BCUT2D eigenvalue weighted by Gasteiger charge is 2.47. The van der Waals surface area contributed by atoms with Crippen LogP contribution in [-0.2, 0) is 0 Å². The summed E-state index contributed by atoms with van der Waals surface area (Å²) >= 11 is 5.75. The SMILES string of the molecule is C=[N+]1[C@@H](Cl)CC1(C)C. The van der Waals surface area contributed by atoms with E-state index in [1.165, 1.54) is 0 Å². The number of hydrogen-bond donors (Lipinski definition) is 0. The molecule has 0 amide bonds. The molecule has 0 N–H and O–H groups in total. The largest absolute Gasteiger partial charge is 0.233 e. The van der Waals surface area contributed by atoms with Crippen LogP contribution in [-0.4, -0.2) is 22.3 Å². The molecule has 0 spiro atoms. The monoisotopic (exact) mass is 132 g/mol.